The van der Waals surface area contributed by atoms with E-state index in [0.717, 1.165) is 0 Å². The minimum atomic E-state index is -2.03. The van der Waals surface area contributed by atoms with Crippen molar-refractivity contribution in [1.29, 1.82) is 0 Å². The van der Waals surface area contributed by atoms with E-state index in [4.69, 9.17) is 9.47 Å². The SMILES string of the molecule is COCOc1cc(O)c2c(C#C[Si](C(C)C)(C(C)C)C(C)C)c(F)c(C)cc2c1. The summed E-state index contributed by atoms with van der Waals surface area (Å²) < 4.78 is 25.5. The molecule has 0 saturated carbocycles. The van der Waals surface area contributed by atoms with Crippen LogP contribution in [0.1, 0.15) is 52.7 Å². The monoisotopic (exact) mass is 416 g/mol. The summed E-state index contributed by atoms with van der Waals surface area (Å²) in [6, 6.07) is 4.98. The summed E-state index contributed by atoms with van der Waals surface area (Å²) in [5.74, 6) is 3.26. The molecule has 29 heavy (non-hydrogen) atoms. The number of phenolic OH excluding ortho intramolecular Hbond substituents is 1. The number of fused-ring (bicyclic) bond motifs is 1. The summed E-state index contributed by atoms with van der Waals surface area (Å²) in [4.78, 5) is 0. The van der Waals surface area contributed by atoms with E-state index < -0.39 is 8.07 Å². The van der Waals surface area contributed by atoms with Gasteiger partial charge >= 0.3 is 0 Å². The maximum atomic E-state index is 15.1. The van der Waals surface area contributed by atoms with Crippen molar-refractivity contribution in [2.45, 2.75) is 65.1 Å². The number of aromatic hydroxyl groups is 1. The Bertz CT molecular complexity index is 917. The second-order valence-corrected chi connectivity index (χ2v) is 14.2. The first kappa shape index (κ1) is 23.2. The summed E-state index contributed by atoms with van der Waals surface area (Å²) >= 11 is 0. The fraction of sp³-hybridized carbons (Fsp3) is 0.500. The molecule has 0 bridgehead atoms. The van der Waals surface area contributed by atoms with Crippen LogP contribution in [0.3, 0.4) is 0 Å². The lowest BCUT2D eigenvalue weighted by atomic mass is 9.99. The highest BCUT2D eigenvalue weighted by molar-refractivity contribution is 6.90. The normalized spacial score (nSPS) is 12.0. The smallest absolute Gasteiger partial charge is 0.188 e. The lowest BCUT2D eigenvalue weighted by Crippen LogP contribution is -2.43. The Morgan fingerprint density at radius 3 is 2.14 bits per heavy atom. The number of hydrogen-bond donors (Lipinski definition) is 1. The number of ether oxygens (including phenoxy) is 2. The lowest BCUT2D eigenvalue weighted by Gasteiger charge is -2.38. The van der Waals surface area contributed by atoms with Crippen molar-refractivity contribution in [3.63, 3.8) is 0 Å². The molecule has 0 radical (unpaired) electrons. The molecule has 0 unspecified atom stereocenters. The Morgan fingerprint density at radius 2 is 1.62 bits per heavy atom. The highest BCUT2D eigenvalue weighted by Crippen LogP contribution is 2.41. The van der Waals surface area contributed by atoms with Crippen LogP contribution in [0.4, 0.5) is 4.39 Å². The number of aryl methyl sites for hydroxylation is 1. The number of hydrogen-bond acceptors (Lipinski definition) is 3. The second kappa shape index (κ2) is 9.19. The van der Waals surface area contributed by atoms with Crippen LogP contribution in [0.2, 0.25) is 16.6 Å². The predicted octanol–water partition coefficient (Wildman–Crippen LogP) is 6.55. The summed E-state index contributed by atoms with van der Waals surface area (Å²) in [7, 11) is -0.504. The van der Waals surface area contributed by atoms with Gasteiger partial charge in [-0.15, -0.1) is 5.54 Å². The van der Waals surface area contributed by atoms with Gasteiger partial charge in [0.2, 0.25) is 0 Å². The highest BCUT2D eigenvalue weighted by atomic mass is 28.3. The van der Waals surface area contributed by atoms with Crippen molar-refractivity contribution in [2.75, 3.05) is 13.9 Å². The van der Waals surface area contributed by atoms with Crippen molar-refractivity contribution in [3.05, 3.63) is 35.1 Å². The minimum absolute atomic E-state index is 0.0392. The van der Waals surface area contributed by atoms with E-state index in [1.54, 1.807) is 19.1 Å². The lowest BCUT2D eigenvalue weighted by molar-refractivity contribution is 0.0511. The first-order chi connectivity index (χ1) is 13.6. The van der Waals surface area contributed by atoms with Gasteiger partial charge in [-0.1, -0.05) is 47.5 Å². The maximum Gasteiger partial charge on any atom is 0.188 e. The molecular weight excluding hydrogens is 383 g/mol. The van der Waals surface area contributed by atoms with Crippen LogP contribution in [0.5, 0.6) is 11.5 Å². The molecule has 0 saturated heterocycles. The van der Waals surface area contributed by atoms with Crippen LogP contribution >= 0.6 is 0 Å². The van der Waals surface area contributed by atoms with E-state index in [2.05, 4.69) is 53.0 Å². The molecule has 0 heterocycles. The highest BCUT2D eigenvalue weighted by Gasteiger charge is 2.41. The van der Waals surface area contributed by atoms with Gasteiger partial charge in [-0.25, -0.2) is 4.39 Å². The van der Waals surface area contributed by atoms with Crippen LogP contribution in [-0.4, -0.2) is 27.1 Å². The number of benzene rings is 2. The fourth-order valence-corrected chi connectivity index (χ4v) is 9.75. The first-order valence-corrected chi connectivity index (χ1v) is 12.4. The summed E-state index contributed by atoms with van der Waals surface area (Å²) in [5, 5.41) is 11.8. The molecule has 0 aromatic heterocycles. The summed E-state index contributed by atoms with van der Waals surface area (Å²) in [6.07, 6.45) is 0. The average Bonchev–Trinajstić information content (AvgIpc) is 2.62. The van der Waals surface area contributed by atoms with Crippen LogP contribution < -0.4 is 4.74 Å². The second-order valence-electron chi connectivity index (χ2n) is 8.62. The molecule has 0 aliphatic rings. The molecule has 3 nitrogen and oxygen atoms in total. The van der Waals surface area contributed by atoms with Gasteiger partial charge in [-0.05, 0) is 46.6 Å². The molecule has 158 valence electrons. The molecule has 1 N–H and O–H groups in total. The molecule has 0 aliphatic heterocycles. The van der Waals surface area contributed by atoms with Gasteiger partial charge in [0.15, 0.2) is 6.79 Å². The summed E-state index contributed by atoms with van der Waals surface area (Å²) in [6.45, 7) is 15.1. The van der Waals surface area contributed by atoms with E-state index in [1.807, 2.05) is 0 Å². The Kier molecular flexibility index (Phi) is 7.37. The zero-order valence-electron chi connectivity index (χ0n) is 18.8. The van der Waals surface area contributed by atoms with E-state index in [1.165, 1.54) is 13.2 Å². The minimum Gasteiger partial charge on any atom is -0.507 e. The topological polar surface area (TPSA) is 38.7 Å². The van der Waals surface area contributed by atoms with Crippen molar-refractivity contribution in [2.24, 2.45) is 0 Å². The number of phenols is 1. The van der Waals surface area contributed by atoms with Crippen LogP contribution in [0, 0.1) is 24.2 Å². The third-order valence-corrected chi connectivity index (χ3v) is 12.2. The van der Waals surface area contributed by atoms with Gasteiger partial charge in [0.05, 0.1) is 5.56 Å². The van der Waals surface area contributed by atoms with Crippen molar-refractivity contribution in [1.82, 2.24) is 0 Å². The zero-order valence-corrected chi connectivity index (χ0v) is 19.8. The van der Waals surface area contributed by atoms with Gasteiger partial charge < -0.3 is 14.6 Å². The number of rotatable bonds is 6. The summed E-state index contributed by atoms with van der Waals surface area (Å²) in [5.41, 5.74) is 5.66. The molecule has 0 aliphatic carbocycles. The van der Waals surface area contributed by atoms with E-state index in [9.17, 15) is 5.11 Å². The van der Waals surface area contributed by atoms with Crippen molar-refractivity contribution in [3.8, 4) is 23.0 Å². The Balaban J connectivity index is 2.76. The maximum absolute atomic E-state index is 15.1. The quantitative estimate of drug-likeness (QED) is 0.330. The average molecular weight is 417 g/mol. The Labute approximate surface area is 175 Å². The molecule has 2 rings (SSSR count). The first-order valence-electron chi connectivity index (χ1n) is 10.2. The number of methoxy groups -OCH3 is 1. The Hall–Kier alpha value is -2.03. The standard InChI is InChI=1S/C24H33FO3Si/c1-15(2)29(16(3)4,17(5)6)10-9-21-23-19(11-18(7)24(21)25)12-20(13-22(23)26)28-14-27-8/h11-13,15-17,26H,14H2,1-8H3. The molecule has 0 spiro atoms. The Morgan fingerprint density at radius 1 is 1.03 bits per heavy atom. The zero-order chi connectivity index (χ0) is 21.9. The van der Waals surface area contributed by atoms with Crippen LogP contribution in [-0.2, 0) is 4.74 Å². The fourth-order valence-electron chi connectivity index (χ4n) is 4.54. The molecule has 0 fully saturated rings. The van der Waals surface area contributed by atoms with Gasteiger partial charge in [-0.3, -0.25) is 0 Å². The van der Waals surface area contributed by atoms with Gasteiger partial charge in [-0.2, -0.15) is 0 Å². The molecule has 0 amide bonds. The van der Waals surface area contributed by atoms with E-state index >= 15 is 4.39 Å². The van der Waals surface area contributed by atoms with Gasteiger partial charge in [0.1, 0.15) is 25.4 Å². The van der Waals surface area contributed by atoms with Gasteiger partial charge in [0.25, 0.3) is 0 Å². The molecule has 0 atom stereocenters. The largest absolute Gasteiger partial charge is 0.507 e. The third-order valence-electron chi connectivity index (χ3n) is 5.92. The van der Waals surface area contributed by atoms with E-state index in [-0.39, 0.29) is 23.9 Å². The van der Waals surface area contributed by atoms with E-state index in [0.29, 0.717) is 38.7 Å². The van der Waals surface area contributed by atoms with Crippen molar-refractivity contribution < 1.29 is 19.0 Å². The molecular formula is C24H33FO3Si. The van der Waals surface area contributed by atoms with Crippen molar-refractivity contribution >= 4 is 18.8 Å². The van der Waals surface area contributed by atoms with Gasteiger partial charge in [0, 0.05) is 18.6 Å². The molecule has 5 heteroatoms. The third kappa shape index (κ3) is 4.44. The van der Waals surface area contributed by atoms with Crippen LogP contribution in [0.25, 0.3) is 10.8 Å². The van der Waals surface area contributed by atoms with Crippen LogP contribution in [0.15, 0.2) is 18.2 Å². The molecule has 2 aromatic rings. The number of halogens is 1. The molecule has 2 aromatic carbocycles. The predicted molar refractivity (Wildman–Crippen MR) is 121 cm³/mol.